The highest BCUT2D eigenvalue weighted by atomic mass is 16.5. The van der Waals surface area contributed by atoms with Gasteiger partial charge in [-0.15, -0.1) is 0 Å². The number of nitrogens with two attached hydrogens (primary N) is 1. The number of carbonyl (C=O) groups excluding carboxylic acids is 1. The molecule has 0 aromatic heterocycles. The summed E-state index contributed by atoms with van der Waals surface area (Å²) < 4.78 is 5.57. The van der Waals surface area contributed by atoms with Crippen LogP contribution in [0.25, 0.3) is 0 Å². The molecule has 110 valence electrons. The van der Waals surface area contributed by atoms with Crippen molar-refractivity contribution in [2.75, 3.05) is 32.7 Å². The first kappa shape index (κ1) is 14.8. The average Bonchev–Trinajstić information content (AvgIpc) is 2.93. The Hall–Kier alpha value is -0.650. The van der Waals surface area contributed by atoms with Crippen LogP contribution in [-0.4, -0.2) is 55.7 Å². The van der Waals surface area contributed by atoms with E-state index in [2.05, 4.69) is 10.2 Å². The number of hydrogen-bond acceptors (Lipinski definition) is 4. The molecule has 19 heavy (non-hydrogen) atoms. The van der Waals surface area contributed by atoms with E-state index in [9.17, 15) is 4.79 Å². The van der Waals surface area contributed by atoms with Crippen LogP contribution in [0.3, 0.4) is 0 Å². The van der Waals surface area contributed by atoms with Crippen molar-refractivity contribution in [3.05, 3.63) is 0 Å². The molecule has 1 amide bonds. The predicted molar refractivity (Wildman–Crippen MR) is 74.9 cm³/mol. The SMILES string of the molecule is NCC1CCC(C(=O)NCCCN2CCCCC2)O1. The Bertz CT molecular complexity index is 280. The maximum atomic E-state index is 11.9. The van der Waals surface area contributed by atoms with Gasteiger partial charge in [0.2, 0.25) is 5.91 Å². The van der Waals surface area contributed by atoms with Gasteiger partial charge in [-0.3, -0.25) is 4.79 Å². The first-order valence-corrected chi connectivity index (χ1v) is 7.65. The van der Waals surface area contributed by atoms with Gasteiger partial charge in [0.1, 0.15) is 6.10 Å². The molecule has 0 aromatic rings. The van der Waals surface area contributed by atoms with Crippen LogP contribution in [0.2, 0.25) is 0 Å². The highest BCUT2D eigenvalue weighted by molar-refractivity contribution is 5.80. The molecule has 0 aliphatic carbocycles. The summed E-state index contributed by atoms with van der Waals surface area (Å²) >= 11 is 0. The number of ether oxygens (including phenoxy) is 1. The van der Waals surface area contributed by atoms with Crippen molar-refractivity contribution in [3.8, 4) is 0 Å². The Labute approximate surface area is 115 Å². The molecule has 0 saturated carbocycles. The number of rotatable bonds is 6. The minimum Gasteiger partial charge on any atom is -0.364 e. The Balaban J connectivity index is 1.54. The highest BCUT2D eigenvalue weighted by Gasteiger charge is 2.29. The first-order valence-electron chi connectivity index (χ1n) is 7.65. The number of carbonyl (C=O) groups is 1. The smallest absolute Gasteiger partial charge is 0.249 e. The lowest BCUT2D eigenvalue weighted by atomic mass is 10.1. The second kappa shape index (κ2) is 7.82. The van der Waals surface area contributed by atoms with Gasteiger partial charge in [0.15, 0.2) is 0 Å². The third kappa shape index (κ3) is 4.75. The fourth-order valence-electron chi connectivity index (χ4n) is 2.88. The molecular formula is C14H27N3O2. The maximum Gasteiger partial charge on any atom is 0.249 e. The summed E-state index contributed by atoms with van der Waals surface area (Å²) in [5, 5.41) is 2.98. The van der Waals surface area contributed by atoms with Crippen molar-refractivity contribution in [3.63, 3.8) is 0 Å². The van der Waals surface area contributed by atoms with E-state index in [0.29, 0.717) is 6.54 Å². The average molecular weight is 269 g/mol. The van der Waals surface area contributed by atoms with Crippen LogP contribution in [0.5, 0.6) is 0 Å². The number of amides is 1. The zero-order valence-corrected chi connectivity index (χ0v) is 11.8. The van der Waals surface area contributed by atoms with Gasteiger partial charge in [0.25, 0.3) is 0 Å². The van der Waals surface area contributed by atoms with Crippen LogP contribution in [-0.2, 0) is 9.53 Å². The van der Waals surface area contributed by atoms with Crippen LogP contribution in [0.4, 0.5) is 0 Å². The molecule has 2 fully saturated rings. The minimum atomic E-state index is -0.275. The van der Waals surface area contributed by atoms with Gasteiger partial charge >= 0.3 is 0 Å². The zero-order chi connectivity index (χ0) is 13.5. The molecule has 2 saturated heterocycles. The Kier molecular flexibility index (Phi) is 6.07. The van der Waals surface area contributed by atoms with Gasteiger partial charge in [-0.2, -0.15) is 0 Å². The van der Waals surface area contributed by atoms with Gasteiger partial charge in [-0.1, -0.05) is 6.42 Å². The fourth-order valence-corrected chi connectivity index (χ4v) is 2.88. The third-order valence-corrected chi connectivity index (χ3v) is 4.06. The molecule has 2 atom stereocenters. The monoisotopic (exact) mass is 269 g/mol. The first-order chi connectivity index (χ1) is 9.29. The molecule has 5 nitrogen and oxygen atoms in total. The summed E-state index contributed by atoms with van der Waals surface area (Å²) in [6, 6.07) is 0. The van der Waals surface area contributed by atoms with Crippen LogP contribution in [0.1, 0.15) is 38.5 Å². The van der Waals surface area contributed by atoms with E-state index in [1.165, 1.54) is 32.4 Å². The van der Waals surface area contributed by atoms with Crippen LogP contribution in [0.15, 0.2) is 0 Å². The largest absolute Gasteiger partial charge is 0.364 e. The lowest BCUT2D eigenvalue weighted by Gasteiger charge is -2.26. The normalized spacial score (nSPS) is 28.5. The van der Waals surface area contributed by atoms with Crippen LogP contribution >= 0.6 is 0 Å². The van der Waals surface area contributed by atoms with Gasteiger partial charge in [-0.05, 0) is 51.7 Å². The molecule has 2 aliphatic rings. The van der Waals surface area contributed by atoms with Crippen molar-refractivity contribution < 1.29 is 9.53 Å². The fraction of sp³-hybridized carbons (Fsp3) is 0.929. The van der Waals surface area contributed by atoms with Gasteiger partial charge in [0.05, 0.1) is 6.10 Å². The van der Waals surface area contributed by atoms with E-state index in [4.69, 9.17) is 10.5 Å². The molecular weight excluding hydrogens is 242 g/mol. The summed E-state index contributed by atoms with van der Waals surface area (Å²) in [7, 11) is 0. The Morgan fingerprint density at radius 3 is 2.74 bits per heavy atom. The number of likely N-dealkylation sites (tertiary alicyclic amines) is 1. The van der Waals surface area contributed by atoms with Crippen molar-refractivity contribution in [2.24, 2.45) is 5.73 Å². The van der Waals surface area contributed by atoms with Gasteiger partial charge < -0.3 is 20.7 Å². The summed E-state index contributed by atoms with van der Waals surface area (Å²) in [4.78, 5) is 14.4. The van der Waals surface area contributed by atoms with Crippen molar-refractivity contribution in [1.82, 2.24) is 10.2 Å². The topological polar surface area (TPSA) is 67.6 Å². The highest BCUT2D eigenvalue weighted by Crippen LogP contribution is 2.18. The summed E-state index contributed by atoms with van der Waals surface area (Å²) in [6.45, 7) is 4.80. The van der Waals surface area contributed by atoms with Crippen molar-refractivity contribution in [2.45, 2.75) is 50.7 Å². The molecule has 0 aromatic carbocycles. The molecule has 2 unspecified atom stereocenters. The molecule has 0 spiro atoms. The molecule has 2 aliphatic heterocycles. The van der Waals surface area contributed by atoms with Crippen molar-refractivity contribution >= 4 is 5.91 Å². The molecule has 5 heteroatoms. The van der Waals surface area contributed by atoms with E-state index in [-0.39, 0.29) is 18.1 Å². The van der Waals surface area contributed by atoms with Crippen molar-refractivity contribution in [1.29, 1.82) is 0 Å². The molecule has 2 rings (SSSR count). The van der Waals surface area contributed by atoms with Crippen LogP contribution < -0.4 is 11.1 Å². The van der Waals surface area contributed by atoms with E-state index < -0.39 is 0 Å². The number of nitrogens with zero attached hydrogens (tertiary/aromatic N) is 1. The minimum absolute atomic E-state index is 0.0367. The second-order valence-corrected chi connectivity index (χ2v) is 5.61. The summed E-state index contributed by atoms with van der Waals surface area (Å²) in [6.07, 6.45) is 6.55. The standard InChI is InChI=1S/C14H27N3O2/c15-11-12-5-6-13(19-12)14(18)16-7-4-10-17-8-2-1-3-9-17/h12-13H,1-11,15H2,(H,16,18). The number of hydrogen-bond donors (Lipinski definition) is 2. The van der Waals surface area contributed by atoms with E-state index in [0.717, 1.165) is 32.4 Å². The Morgan fingerprint density at radius 1 is 1.26 bits per heavy atom. The molecule has 2 heterocycles. The lowest BCUT2D eigenvalue weighted by molar-refractivity contribution is -0.131. The number of nitrogens with one attached hydrogen (secondary N) is 1. The molecule has 3 N–H and O–H groups in total. The van der Waals surface area contributed by atoms with E-state index in [1.807, 2.05) is 0 Å². The molecule has 0 bridgehead atoms. The quantitative estimate of drug-likeness (QED) is 0.689. The number of piperidine rings is 1. The van der Waals surface area contributed by atoms with Gasteiger partial charge in [0, 0.05) is 13.1 Å². The summed E-state index contributed by atoms with van der Waals surface area (Å²) in [5.74, 6) is 0.0367. The molecule has 0 radical (unpaired) electrons. The predicted octanol–water partition coefficient (Wildman–Crippen LogP) is 0.485. The van der Waals surface area contributed by atoms with E-state index >= 15 is 0 Å². The zero-order valence-electron chi connectivity index (χ0n) is 11.8. The second-order valence-electron chi connectivity index (χ2n) is 5.61. The Morgan fingerprint density at radius 2 is 2.05 bits per heavy atom. The third-order valence-electron chi connectivity index (χ3n) is 4.06. The summed E-state index contributed by atoms with van der Waals surface area (Å²) in [5.41, 5.74) is 5.54. The maximum absolute atomic E-state index is 11.9. The van der Waals surface area contributed by atoms with E-state index in [1.54, 1.807) is 0 Å². The lowest BCUT2D eigenvalue weighted by Crippen LogP contribution is -2.37. The van der Waals surface area contributed by atoms with Crippen LogP contribution in [0, 0.1) is 0 Å². The van der Waals surface area contributed by atoms with Gasteiger partial charge in [-0.25, -0.2) is 0 Å².